The first-order valence-electron chi connectivity index (χ1n) is 8.55. The van der Waals surface area contributed by atoms with Crippen LogP contribution in [-0.2, 0) is 9.59 Å². The Kier molecular flexibility index (Phi) is 3.00. The van der Waals surface area contributed by atoms with Crippen molar-refractivity contribution in [3.63, 3.8) is 0 Å². The van der Waals surface area contributed by atoms with Crippen molar-refractivity contribution in [1.82, 2.24) is 0 Å². The van der Waals surface area contributed by atoms with E-state index in [-0.39, 0.29) is 17.2 Å². The second-order valence-electron chi connectivity index (χ2n) is 8.01. The van der Waals surface area contributed by atoms with Crippen molar-refractivity contribution in [2.24, 2.45) is 16.2 Å². The van der Waals surface area contributed by atoms with Gasteiger partial charge in [0.1, 0.15) is 11.5 Å². The lowest BCUT2D eigenvalue weighted by molar-refractivity contribution is -0.151. The Bertz CT molecular complexity index is 861. The van der Waals surface area contributed by atoms with Crippen LogP contribution < -0.4 is 4.74 Å². The van der Waals surface area contributed by atoms with Gasteiger partial charge < -0.3 is 4.74 Å². The van der Waals surface area contributed by atoms with Crippen molar-refractivity contribution in [2.75, 3.05) is 0 Å². The summed E-state index contributed by atoms with van der Waals surface area (Å²) in [6.45, 7) is 6.11. The Morgan fingerprint density at radius 2 is 1.71 bits per heavy atom. The van der Waals surface area contributed by atoms with E-state index in [2.05, 4.69) is 13.8 Å². The molecular formula is C21H22O3. The smallest absolute Gasteiger partial charge is 0.318 e. The minimum Gasteiger partial charge on any atom is -0.425 e. The van der Waals surface area contributed by atoms with Crippen LogP contribution in [0.3, 0.4) is 0 Å². The number of hydrogen-bond acceptors (Lipinski definition) is 3. The number of carbonyl (C=O) groups is 2. The maximum Gasteiger partial charge on any atom is 0.318 e. The lowest BCUT2D eigenvalue weighted by atomic mass is 9.65. The number of Topliss-reactive ketones (excluding diaryl/α,β-unsaturated/α-hetero) is 1. The molecule has 24 heavy (non-hydrogen) atoms. The number of benzene rings is 2. The van der Waals surface area contributed by atoms with Gasteiger partial charge in [-0.2, -0.15) is 0 Å². The Morgan fingerprint density at radius 1 is 1.00 bits per heavy atom. The van der Waals surface area contributed by atoms with Crippen LogP contribution in [0.5, 0.6) is 5.75 Å². The highest BCUT2D eigenvalue weighted by atomic mass is 16.5. The minimum atomic E-state index is -0.699. The van der Waals surface area contributed by atoms with Crippen molar-refractivity contribution >= 4 is 22.5 Å². The molecule has 2 aliphatic carbocycles. The predicted molar refractivity (Wildman–Crippen MR) is 92.8 cm³/mol. The van der Waals surface area contributed by atoms with Crippen LogP contribution in [0.15, 0.2) is 42.5 Å². The van der Waals surface area contributed by atoms with Crippen molar-refractivity contribution < 1.29 is 14.3 Å². The summed E-state index contributed by atoms with van der Waals surface area (Å²) < 4.78 is 5.87. The minimum absolute atomic E-state index is 0.202. The van der Waals surface area contributed by atoms with Crippen LogP contribution in [-0.4, -0.2) is 11.8 Å². The maximum absolute atomic E-state index is 13.2. The molecule has 0 aromatic heterocycles. The lowest BCUT2D eigenvalue weighted by Gasteiger charge is -2.37. The zero-order valence-corrected chi connectivity index (χ0v) is 14.4. The summed E-state index contributed by atoms with van der Waals surface area (Å²) in [6.07, 6.45) is 1.80. The number of hydrogen-bond donors (Lipinski definition) is 0. The molecule has 0 radical (unpaired) electrons. The largest absolute Gasteiger partial charge is 0.425 e. The zero-order chi connectivity index (χ0) is 17.2. The van der Waals surface area contributed by atoms with Gasteiger partial charge in [0.25, 0.3) is 0 Å². The Labute approximate surface area is 142 Å². The highest BCUT2D eigenvalue weighted by Crippen LogP contribution is 2.70. The average molecular weight is 322 g/mol. The van der Waals surface area contributed by atoms with Crippen molar-refractivity contribution in [1.29, 1.82) is 0 Å². The zero-order valence-electron chi connectivity index (χ0n) is 14.4. The van der Waals surface area contributed by atoms with E-state index in [4.69, 9.17) is 4.74 Å². The third-order valence-corrected chi connectivity index (χ3v) is 7.05. The molecule has 2 aliphatic rings. The summed E-state index contributed by atoms with van der Waals surface area (Å²) in [6, 6.07) is 13.6. The first-order chi connectivity index (χ1) is 11.3. The van der Waals surface area contributed by atoms with Gasteiger partial charge in [0.2, 0.25) is 0 Å². The van der Waals surface area contributed by atoms with E-state index < -0.39 is 10.8 Å². The van der Waals surface area contributed by atoms with Crippen LogP contribution in [0.25, 0.3) is 10.8 Å². The number of esters is 1. The normalized spacial score (nSPS) is 30.7. The molecule has 0 amide bonds. The highest BCUT2D eigenvalue weighted by molar-refractivity contribution is 5.99. The molecule has 3 nitrogen and oxygen atoms in total. The molecule has 0 unspecified atom stereocenters. The molecule has 2 saturated carbocycles. The fourth-order valence-electron chi connectivity index (χ4n) is 4.79. The summed E-state index contributed by atoms with van der Waals surface area (Å²) in [5.41, 5.74) is -1.49. The Morgan fingerprint density at radius 3 is 2.38 bits per heavy atom. The number of fused-ring (bicyclic) bond motifs is 3. The Balaban J connectivity index is 1.74. The van der Waals surface area contributed by atoms with Gasteiger partial charge in [-0.3, -0.25) is 9.59 Å². The van der Waals surface area contributed by atoms with E-state index in [0.29, 0.717) is 12.2 Å². The van der Waals surface area contributed by atoms with Gasteiger partial charge in [-0.15, -0.1) is 0 Å². The summed E-state index contributed by atoms with van der Waals surface area (Å²) in [7, 11) is 0. The van der Waals surface area contributed by atoms with Gasteiger partial charge in [-0.05, 0) is 29.7 Å². The van der Waals surface area contributed by atoms with E-state index >= 15 is 0 Å². The molecule has 0 aliphatic heterocycles. The summed E-state index contributed by atoms with van der Waals surface area (Å²) in [4.78, 5) is 25.7. The molecule has 2 bridgehead atoms. The van der Waals surface area contributed by atoms with Crippen LogP contribution in [0.4, 0.5) is 0 Å². The molecule has 124 valence electrons. The molecule has 0 spiro atoms. The second-order valence-corrected chi connectivity index (χ2v) is 8.01. The number of ketones is 1. The summed E-state index contributed by atoms with van der Waals surface area (Å²) >= 11 is 0. The first kappa shape index (κ1) is 15.4. The molecule has 3 heteroatoms. The second kappa shape index (κ2) is 4.69. The quantitative estimate of drug-likeness (QED) is 0.602. The van der Waals surface area contributed by atoms with Crippen LogP contribution >= 0.6 is 0 Å². The standard InChI is InChI=1S/C21H22O3/c1-19(2)20(3)11-12-21(19,13-17(20)22)18(23)24-16-10-6-8-14-7-4-5-9-15(14)16/h4-10H,11-13H2,1-3H3/t20-,21-/m0/s1. The van der Waals surface area contributed by atoms with Gasteiger partial charge in [-0.25, -0.2) is 0 Å². The monoisotopic (exact) mass is 322 g/mol. The molecule has 4 rings (SSSR count). The highest BCUT2D eigenvalue weighted by Gasteiger charge is 2.73. The van der Waals surface area contributed by atoms with Gasteiger partial charge in [-0.1, -0.05) is 57.2 Å². The van der Waals surface area contributed by atoms with Crippen LogP contribution in [0.2, 0.25) is 0 Å². The lowest BCUT2D eigenvalue weighted by Crippen LogP contribution is -2.42. The molecule has 2 aromatic carbocycles. The topological polar surface area (TPSA) is 43.4 Å². The van der Waals surface area contributed by atoms with Gasteiger partial charge in [0.15, 0.2) is 0 Å². The van der Waals surface area contributed by atoms with Gasteiger partial charge in [0.05, 0.1) is 5.41 Å². The Hall–Kier alpha value is -2.16. The SMILES string of the molecule is CC1(C)[C@@]2(C(=O)Oc3cccc4ccccc34)CC[C@@]1(C)C(=O)C2. The van der Waals surface area contributed by atoms with E-state index in [9.17, 15) is 9.59 Å². The average Bonchev–Trinajstić information content (AvgIpc) is 2.85. The van der Waals surface area contributed by atoms with Crippen LogP contribution in [0, 0.1) is 16.2 Å². The number of ether oxygens (including phenoxy) is 1. The van der Waals surface area contributed by atoms with E-state index in [1.807, 2.05) is 49.4 Å². The summed E-state index contributed by atoms with van der Waals surface area (Å²) in [5, 5.41) is 1.96. The fourth-order valence-corrected chi connectivity index (χ4v) is 4.79. The predicted octanol–water partition coefficient (Wildman–Crippen LogP) is 4.53. The van der Waals surface area contributed by atoms with Crippen molar-refractivity contribution in [3.8, 4) is 5.75 Å². The third kappa shape index (κ3) is 1.68. The van der Waals surface area contributed by atoms with Gasteiger partial charge >= 0.3 is 5.97 Å². The van der Waals surface area contributed by atoms with E-state index in [0.717, 1.165) is 23.6 Å². The molecule has 2 fully saturated rings. The number of rotatable bonds is 2. The molecule has 0 N–H and O–H groups in total. The first-order valence-corrected chi connectivity index (χ1v) is 8.55. The van der Waals surface area contributed by atoms with Crippen LogP contribution in [0.1, 0.15) is 40.0 Å². The molecule has 0 saturated heterocycles. The molecule has 0 heterocycles. The van der Waals surface area contributed by atoms with Crippen molar-refractivity contribution in [3.05, 3.63) is 42.5 Å². The molecule has 2 aromatic rings. The van der Waals surface area contributed by atoms with E-state index in [1.54, 1.807) is 0 Å². The fraction of sp³-hybridized carbons (Fsp3) is 0.429. The van der Waals surface area contributed by atoms with Crippen molar-refractivity contribution in [2.45, 2.75) is 40.0 Å². The maximum atomic E-state index is 13.2. The third-order valence-electron chi connectivity index (χ3n) is 7.05. The molecular weight excluding hydrogens is 300 g/mol. The van der Waals surface area contributed by atoms with Gasteiger partial charge in [0, 0.05) is 17.2 Å². The molecule has 2 atom stereocenters. The summed E-state index contributed by atoms with van der Waals surface area (Å²) in [5.74, 6) is 0.531. The number of carbonyl (C=O) groups excluding carboxylic acids is 2. The van der Waals surface area contributed by atoms with E-state index in [1.165, 1.54) is 0 Å².